The minimum absolute atomic E-state index is 0.103. The van der Waals surface area contributed by atoms with Crippen LogP contribution in [0.3, 0.4) is 0 Å². The molecular formula is C15H21N3O2. The first kappa shape index (κ1) is 13.4. The molecule has 2 amide bonds. The third-order valence-corrected chi connectivity index (χ3v) is 3.87. The predicted molar refractivity (Wildman–Crippen MR) is 75.4 cm³/mol. The number of hydrogen-bond donors (Lipinski definition) is 2. The van der Waals surface area contributed by atoms with Crippen molar-refractivity contribution in [2.24, 2.45) is 0 Å². The number of urea groups is 1. The molecule has 0 unspecified atom stereocenters. The number of rotatable bonds is 4. The molecular weight excluding hydrogens is 254 g/mol. The molecule has 2 fully saturated rings. The fraction of sp³-hybridized carbons (Fsp3) is 0.600. The molecule has 20 heavy (non-hydrogen) atoms. The molecule has 5 nitrogen and oxygen atoms in total. The highest BCUT2D eigenvalue weighted by Crippen LogP contribution is 2.39. The standard InChI is InChI=1S/C15H21N3O2/c19-15(18-14-3-5-20-6-4-14)17-9-11-7-13(10-16-8-11)12-1-2-12/h7-8,10,12,14H,1-6,9H2,(H2,17,18,19). The van der Waals surface area contributed by atoms with E-state index in [4.69, 9.17) is 4.74 Å². The summed E-state index contributed by atoms with van der Waals surface area (Å²) >= 11 is 0. The van der Waals surface area contributed by atoms with Gasteiger partial charge in [0, 0.05) is 38.2 Å². The van der Waals surface area contributed by atoms with Crippen molar-refractivity contribution < 1.29 is 9.53 Å². The van der Waals surface area contributed by atoms with Crippen molar-refractivity contribution in [1.82, 2.24) is 15.6 Å². The first-order chi connectivity index (χ1) is 9.81. The molecule has 5 heteroatoms. The molecule has 0 aromatic carbocycles. The quantitative estimate of drug-likeness (QED) is 0.882. The molecule has 0 radical (unpaired) electrons. The van der Waals surface area contributed by atoms with Crippen molar-refractivity contribution in [3.8, 4) is 0 Å². The fourth-order valence-corrected chi connectivity index (χ4v) is 2.50. The molecule has 108 valence electrons. The monoisotopic (exact) mass is 275 g/mol. The van der Waals surface area contributed by atoms with Crippen LogP contribution in [-0.4, -0.2) is 30.3 Å². The highest BCUT2D eigenvalue weighted by atomic mass is 16.5. The number of amides is 2. The second kappa shape index (κ2) is 6.22. The summed E-state index contributed by atoms with van der Waals surface area (Å²) in [5.74, 6) is 0.693. The molecule has 1 aromatic heterocycles. The van der Waals surface area contributed by atoms with Gasteiger partial charge in [-0.05, 0) is 42.7 Å². The van der Waals surface area contributed by atoms with Crippen LogP contribution in [0.5, 0.6) is 0 Å². The Bertz CT molecular complexity index is 468. The Kier molecular flexibility index (Phi) is 4.16. The summed E-state index contributed by atoms with van der Waals surface area (Å²) in [4.78, 5) is 16.1. The second-order valence-electron chi connectivity index (χ2n) is 5.61. The Morgan fingerprint density at radius 3 is 2.80 bits per heavy atom. The Morgan fingerprint density at radius 2 is 2.05 bits per heavy atom. The fourth-order valence-electron chi connectivity index (χ4n) is 2.50. The summed E-state index contributed by atoms with van der Waals surface area (Å²) in [5, 5.41) is 5.89. The maximum Gasteiger partial charge on any atom is 0.315 e. The van der Waals surface area contributed by atoms with Gasteiger partial charge < -0.3 is 15.4 Å². The molecule has 2 N–H and O–H groups in total. The summed E-state index contributed by atoms with van der Waals surface area (Å²) in [7, 11) is 0. The molecule has 1 saturated heterocycles. The van der Waals surface area contributed by atoms with E-state index in [2.05, 4.69) is 21.7 Å². The third-order valence-electron chi connectivity index (χ3n) is 3.87. The van der Waals surface area contributed by atoms with E-state index in [0.717, 1.165) is 31.6 Å². The average molecular weight is 275 g/mol. The molecule has 2 heterocycles. The van der Waals surface area contributed by atoms with Crippen molar-refractivity contribution in [2.75, 3.05) is 13.2 Å². The van der Waals surface area contributed by atoms with Crippen molar-refractivity contribution in [2.45, 2.75) is 44.2 Å². The molecule has 1 saturated carbocycles. The maximum atomic E-state index is 11.8. The molecule has 0 spiro atoms. The second-order valence-corrected chi connectivity index (χ2v) is 5.61. The molecule has 0 atom stereocenters. The van der Waals surface area contributed by atoms with Crippen LogP contribution in [0.15, 0.2) is 18.5 Å². The Balaban J connectivity index is 1.46. The zero-order valence-corrected chi connectivity index (χ0v) is 11.6. The van der Waals surface area contributed by atoms with Crippen LogP contribution in [0.4, 0.5) is 4.79 Å². The largest absolute Gasteiger partial charge is 0.381 e. The SMILES string of the molecule is O=C(NCc1cncc(C2CC2)c1)NC1CCOCC1. The van der Waals surface area contributed by atoms with Crippen LogP contribution < -0.4 is 10.6 Å². The number of carbonyl (C=O) groups is 1. The van der Waals surface area contributed by atoms with Gasteiger partial charge in [0.15, 0.2) is 0 Å². The van der Waals surface area contributed by atoms with Crippen LogP contribution in [0.25, 0.3) is 0 Å². The molecule has 2 aliphatic rings. The Morgan fingerprint density at radius 1 is 1.25 bits per heavy atom. The average Bonchev–Trinajstić information content (AvgIpc) is 3.31. The number of pyridine rings is 1. The van der Waals surface area contributed by atoms with Crippen LogP contribution in [-0.2, 0) is 11.3 Å². The summed E-state index contributed by atoms with van der Waals surface area (Å²) in [6, 6.07) is 2.28. The van der Waals surface area contributed by atoms with Crippen LogP contribution >= 0.6 is 0 Å². The number of ether oxygens (including phenoxy) is 1. The van der Waals surface area contributed by atoms with Gasteiger partial charge in [0.2, 0.25) is 0 Å². The van der Waals surface area contributed by atoms with Crippen LogP contribution in [0, 0.1) is 0 Å². The van der Waals surface area contributed by atoms with E-state index in [-0.39, 0.29) is 12.1 Å². The molecule has 1 aromatic rings. The van der Waals surface area contributed by atoms with Gasteiger partial charge in [0.05, 0.1) is 0 Å². The Labute approximate surface area is 119 Å². The number of aromatic nitrogens is 1. The number of carbonyl (C=O) groups excluding carboxylic acids is 1. The number of hydrogen-bond acceptors (Lipinski definition) is 3. The first-order valence-electron chi connectivity index (χ1n) is 7.37. The van der Waals surface area contributed by atoms with Crippen LogP contribution in [0.2, 0.25) is 0 Å². The summed E-state index contributed by atoms with van der Waals surface area (Å²) in [6.45, 7) is 2.00. The highest BCUT2D eigenvalue weighted by Gasteiger charge is 2.23. The van der Waals surface area contributed by atoms with E-state index >= 15 is 0 Å². The molecule has 3 rings (SSSR count). The normalized spacial score (nSPS) is 19.6. The smallest absolute Gasteiger partial charge is 0.315 e. The summed E-state index contributed by atoms with van der Waals surface area (Å²) in [5.41, 5.74) is 2.37. The van der Waals surface area contributed by atoms with Gasteiger partial charge in [-0.25, -0.2) is 4.79 Å². The van der Waals surface area contributed by atoms with E-state index in [9.17, 15) is 4.79 Å². The minimum atomic E-state index is -0.103. The van der Waals surface area contributed by atoms with E-state index in [1.165, 1.54) is 18.4 Å². The molecule has 1 aliphatic heterocycles. The number of nitrogens with one attached hydrogen (secondary N) is 2. The lowest BCUT2D eigenvalue weighted by Crippen LogP contribution is -2.44. The molecule has 1 aliphatic carbocycles. The summed E-state index contributed by atoms with van der Waals surface area (Å²) < 4.78 is 5.27. The third kappa shape index (κ3) is 3.70. The van der Waals surface area contributed by atoms with Crippen LogP contribution in [0.1, 0.15) is 42.7 Å². The lowest BCUT2D eigenvalue weighted by Gasteiger charge is -2.23. The van der Waals surface area contributed by atoms with Crippen molar-refractivity contribution >= 4 is 6.03 Å². The van der Waals surface area contributed by atoms with E-state index in [1.807, 2.05) is 12.4 Å². The van der Waals surface area contributed by atoms with Gasteiger partial charge in [0.1, 0.15) is 0 Å². The molecule has 0 bridgehead atoms. The summed E-state index contributed by atoms with van der Waals surface area (Å²) in [6.07, 6.45) is 8.08. The van der Waals surface area contributed by atoms with Gasteiger partial charge in [0.25, 0.3) is 0 Å². The van der Waals surface area contributed by atoms with E-state index < -0.39 is 0 Å². The Hall–Kier alpha value is -1.62. The van der Waals surface area contributed by atoms with Gasteiger partial charge >= 0.3 is 6.03 Å². The predicted octanol–water partition coefficient (Wildman–Crippen LogP) is 1.94. The topological polar surface area (TPSA) is 63.2 Å². The van der Waals surface area contributed by atoms with Crippen molar-refractivity contribution in [3.05, 3.63) is 29.6 Å². The van der Waals surface area contributed by atoms with Crippen molar-refractivity contribution in [3.63, 3.8) is 0 Å². The van der Waals surface area contributed by atoms with Gasteiger partial charge in [-0.1, -0.05) is 6.07 Å². The zero-order chi connectivity index (χ0) is 13.8. The lowest BCUT2D eigenvalue weighted by molar-refractivity contribution is 0.0801. The van der Waals surface area contributed by atoms with Gasteiger partial charge in [-0.15, -0.1) is 0 Å². The van der Waals surface area contributed by atoms with E-state index in [1.54, 1.807) is 0 Å². The lowest BCUT2D eigenvalue weighted by atomic mass is 10.1. The highest BCUT2D eigenvalue weighted by molar-refractivity contribution is 5.74. The first-order valence-corrected chi connectivity index (χ1v) is 7.37. The maximum absolute atomic E-state index is 11.8. The number of nitrogens with zero attached hydrogens (tertiary/aromatic N) is 1. The van der Waals surface area contributed by atoms with Crippen molar-refractivity contribution in [1.29, 1.82) is 0 Å². The zero-order valence-electron chi connectivity index (χ0n) is 11.6. The van der Waals surface area contributed by atoms with Gasteiger partial charge in [-0.2, -0.15) is 0 Å². The van der Waals surface area contributed by atoms with E-state index in [0.29, 0.717) is 12.5 Å². The van der Waals surface area contributed by atoms with Gasteiger partial charge in [-0.3, -0.25) is 4.98 Å². The minimum Gasteiger partial charge on any atom is -0.381 e.